The highest BCUT2D eigenvalue weighted by atomic mass is 19.2. The van der Waals surface area contributed by atoms with Gasteiger partial charge < -0.3 is 15.0 Å². The van der Waals surface area contributed by atoms with Gasteiger partial charge in [0.2, 0.25) is 0 Å². The van der Waals surface area contributed by atoms with E-state index in [-0.39, 0.29) is 23.7 Å². The Morgan fingerprint density at radius 2 is 1.86 bits per heavy atom. The van der Waals surface area contributed by atoms with Crippen LogP contribution >= 0.6 is 0 Å². The highest BCUT2D eigenvalue weighted by Gasteiger charge is 2.18. The number of nitrogens with one attached hydrogen (secondary N) is 1. The molecule has 0 saturated carbocycles. The van der Waals surface area contributed by atoms with Gasteiger partial charge in [-0.05, 0) is 29.8 Å². The lowest BCUT2D eigenvalue weighted by molar-refractivity contribution is 0.432. The monoisotopic (exact) mass is 402 g/mol. The van der Waals surface area contributed by atoms with E-state index in [0.717, 1.165) is 24.5 Å². The first-order chi connectivity index (χ1) is 13.9. The molecule has 0 unspecified atom stereocenters. The summed E-state index contributed by atoms with van der Waals surface area (Å²) in [5, 5.41) is 3.01. The molecule has 0 saturated heterocycles. The summed E-state index contributed by atoms with van der Waals surface area (Å²) in [5.41, 5.74) is 0.256. The number of hydrogen-bond acceptors (Lipinski definition) is 5. The molecule has 0 radical (unpaired) electrons. The summed E-state index contributed by atoms with van der Waals surface area (Å²) >= 11 is 0. The molecule has 0 spiro atoms. The maximum Gasteiger partial charge on any atom is 0.351 e. The zero-order valence-corrected chi connectivity index (χ0v) is 15.5. The van der Waals surface area contributed by atoms with Crippen molar-refractivity contribution < 1.29 is 17.9 Å². The number of nitrogens with zero attached hydrogens (tertiary/aromatic N) is 3. The van der Waals surface area contributed by atoms with E-state index in [1.807, 2.05) is 11.9 Å². The van der Waals surface area contributed by atoms with Gasteiger partial charge in [0.15, 0.2) is 23.2 Å². The van der Waals surface area contributed by atoms with Gasteiger partial charge in [-0.25, -0.2) is 18.0 Å². The molecule has 6 nitrogen and oxygen atoms in total. The second kappa shape index (κ2) is 7.50. The van der Waals surface area contributed by atoms with Crippen molar-refractivity contribution in [1.29, 1.82) is 0 Å². The fourth-order valence-corrected chi connectivity index (χ4v) is 3.07. The summed E-state index contributed by atoms with van der Waals surface area (Å²) < 4.78 is 47.4. The predicted molar refractivity (Wildman–Crippen MR) is 102 cm³/mol. The van der Waals surface area contributed by atoms with Gasteiger partial charge in [0.25, 0.3) is 0 Å². The third-order valence-corrected chi connectivity index (χ3v) is 4.63. The van der Waals surface area contributed by atoms with Crippen LogP contribution in [0.1, 0.15) is 5.56 Å². The SMILES string of the molecule is CN1CCn2c1cc(NCc1ccc(Oc3ccc(F)c(F)c3)c(F)c1)nc2=O. The van der Waals surface area contributed by atoms with E-state index >= 15 is 0 Å². The van der Waals surface area contributed by atoms with E-state index in [9.17, 15) is 18.0 Å². The molecule has 0 aliphatic carbocycles. The van der Waals surface area contributed by atoms with Crippen LogP contribution in [-0.2, 0) is 13.1 Å². The first-order valence-electron chi connectivity index (χ1n) is 8.89. The van der Waals surface area contributed by atoms with Crippen molar-refractivity contribution in [2.24, 2.45) is 0 Å². The maximum atomic E-state index is 14.3. The number of aromatic nitrogens is 2. The van der Waals surface area contributed by atoms with Crippen molar-refractivity contribution in [3.8, 4) is 11.5 Å². The lowest BCUT2D eigenvalue weighted by Crippen LogP contribution is -2.22. The topological polar surface area (TPSA) is 59.4 Å². The van der Waals surface area contributed by atoms with Crippen molar-refractivity contribution in [1.82, 2.24) is 9.55 Å². The molecule has 0 bridgehead atoms. The van der Waals surface area contributed by atoms with Crippen LogP contribution in [-0.4, -0.2) is 23.1 Å². The summed E-state index contributed by atoms with van der Waals surface area (Å²) in [5.74, 6) is -1.70. The summed E-state index contributed by atoms with van der Waals surface area (Å²) in [7, 11) is 1.89. The van der Waals surface area contributed by atoms with Gasteiger partial charge in [-0.15, -0.1) is 0 Å². The number of hydrogen-bond donors (Lipinski definition) is 1. The van der Waals surface area contributed by atoms with Crippen molar-refractivity contribution in [3.05, 3.63) is 76.0 Å². The van der Waals surface area contributed by atoms with Crippen LogP contribution in [0.4, 0.5) is 24.8 Å². The average Bonchev–Trinajstić information content (AvgIpc) is 3.06. The fourth-order valence-electron chi connectivity index (χ4n) is 3.07. The van der Waals surface area contributed by atoms with Crippen molar-refractivity contribution in [3.63, 3.8) is 0 Å². The van der Waals surface area contributed by atoms with Crippen LogP contribution in [0.25, 0.3) is 0 Å². The molecule has 0 atom stereocenters. The molecule has 1 aromatic heterocycles. The lowest BCUT2D eigenvalue weighted by atomic mass is 10.2. The molecule has 0 amide bonds. The average molecular weight is 402 g/mol. The summed E-state index contributed by atoms with van der Waals surface area (Å²) in [6.07, 6.45) is 0. The van der Waals surface area contributed by atoms with E-state index in [1.54, 1.807) is 16.7 Å². The molecule has 1 aliphatic rings. The van der Waals surface area contributed by atoms with Crippen LogP contribution in [0.15, 0.2) is 47.3 Å². The van der Waals surface area contributed by atoms with E-state index in [4.69, 9.17) is 4.74 Å². The van der Waals surface area contributed by atoms with Gasteiger partial charge in [-0.2, -0.15) is 4.98 Å². The molecule has 2 heterocycles. The zero-order chi connectivity index (χ0) is 20.5. The summed E-state index contributed by atoms with van der Waals surface area (Å²) in [6, 6.07) is 9.01. The number of halogens is 3. The van der Waals surface area contributed by atoms with Gasteiger partial charge >= 0.3 is 5.69 Å². The fraction of sp³-hybridized carbons (Fsp3) is 0.200. The van der Waals surface area contributed by atoms with Crippen molar-refractivity contribution in [2.45, 2.75) is 13.1 Å². The second-order valence-electron chi connectivity index (χ2n) is 6.65. The Bertz CT molecular complexity index is 1130. The third-order valence-electron chi connectivity index (χ3n) is 4.63. The van der Waals surface area contributed by atoms with Crippen LogP contribution in [0.5, 0.6) is 11.5 Å². The van der Waals surface area contributed by atoms with Crippen molar-refractivity contribution in [2.75, 3.05) is 23.8 Å². The molecule has 9 heteroatoms. The van der Waals surface area contributed by atoms with E-state index in [2.05, 4.69) is 10.3 Å². The van der Waals surface area contributed by atoms with E-state index in [1.165, 1.54) is 18.2 Å². The quantitative estimate of drug-likeness (QED) is 0.708. The Morgan fingerprint density at radius 1 is 1.03 bits per heavy atom. The Labute approximate surface area is 164 Å². The number of ether oxygens (including phenoxy) is 1. The highest BCUT2D eigenvalue weighted by molar-refractivity contribution is 5.51. The highest BCUT2D eigenvalue weighted by Crippen LogP contribution is 2.27. The predicted octanol–water partition coefficient (Wildman–Crippen LogP) is 3.51. The molecular weight excluding hydrogens is 385 g/mol. The first-order valence-corrected chi connectivity index (χ1v) is 8.89. The number of likely N-dealkylation sites (N-methyl/N-ethyl adjacent to an activating group) is 1. The van der Waals surface area contributed by atoms with E-state index in [0.29, 0.717) is 17.9 Å². The molecule has 4 rings (SSSR count). The zero-order valence-electron chi connectivity index (χ0n) is 15.5. The lowest BCUT2D eigenvalue weighted by Gasteiger charge is -2.13. The maximum absolute atomic E-state index is 14.3. The number of rotatable bonds is 5. The summed E-state index contributed by atoms with van der Waals surface area (Å²) in [6.45, 7) is 1.58. The minimum absolute atomic E-state index is 0.0133. The minimum Gasteiger partial charge on any atom is -0.454 e. The normalized spacial score (nSPS) is 12.8. The van der Waals surface area contributed by atoms with Crippen LogP contribution < -0.4 is 20.6 Å². The van der Waals surface area contributed by atoms with Gasteiger partial charge in [-0.1, -0.05) is 6.07 Å². The minimum atomic E-state index is -1.08. The van der Waals surface area contributed by atoms with Gasteiger partial charge in [0, 0.05) is 38.8 Å². The number of fused-ring (bicyclic) bond motifs is 1. The van der Waals surface area contributed by atoms with Gasteiger partial charge in [0.1, 0.15) is 17.4 Å². The van der Waals surface area contributed by atoms with E-state index < -0.39 is 17.5 Å². The summed E-state index contributed by atoms with van der Waals surface area (Å²) in [4.78, 5) is 18.0. The largest absolute Gasteiger partial charge is 0.454 e. The molecule has 150 valence electrons. The third kappa shape index (κ3) is 3.89. The number of benzene rings is 2. The Morgan fingerprint density at radius 3 is 2.62 bits per heavy atom. The molecule has 3 aromatic rings. The van der Waals surface area contributed by atoms with Crippen molar-refractivity contribution >= 4 is 11.6 Å². The molecular formula is C20H17F3N4O2. The Kier molecular flexibility index (Phi) is 4.87. The Hall–Kier alpha value is -3.49. The second-order valence-corrected chi connectivity index (χ2v) is 6.65. The Balaban J connectivity index is 1.46. The smallest absolute Gasteiger partial charge is 0.351 e. The molecule has 0 fully saturated rings. The van der Waals surface area contributed by atoms with Gasteiger partial charge in [-0.3, -0.25) is 4.57 Å². The van der Waals surface area contributed by atoms with Gasteiger partial charge in [0.05, 0.1) is 0 Å². The number of anilines is 2. The first kappa shape index (κ1) is 18.9. The van der Waals surface area contributed by atoms with Crippen LogP contribution in [0.3, 0.4) is 0 Å². The molecule has 2 aromatic carbocycles. The standard InChI is InChI=1S/C20H17F3N4O2/c1-26-6-7-27-19(26)10-18(25-20(27)28)24-11-12-2-5-17(16(23)8-12)29-13-3-4-14(21)15(22)9-13/h2-5,8-10H,6-7,11H2,1H3,(H,24,25,28). The van der Waals surface area contributed by atoms with Crippen LogP contribution in [0, 0.1) is 17.5 Å². The molecule has 29 heavy (non-hydrogen) atoms. The van der Waals surface area contributed by atoms with Crippen LogP contribution in [0.2, 0.25) is 0 Å². The molecule has 1 aliphatic heterocycles. The molecule has 1 N–H and O–H groups in total.